The Hall–Kier alpha value is -3.45. The number of hydrogen-bond acceptors (Lipinski definition) is 10. The number of methoxy groups -OCH3 is 1. The third-order valence-corrected chi connectivity index (χ3v) is 8.22. The van der Waals surface area contributed by atoms with Crippen molar-refractivity contribution in [1.29, 1.82) is 0 Å². The fourth-order valence-corrected chi connectivity index (χ4v) is 6.02. The number of anilines is 2. The number of hydrogen-bond donors (Lipinski definition) is 4. The highest BCUT2D eigenvalue weighted by Gasteiger charge is 2.42. The lowest BCUT2D eigenvalue weighted by atomic mass is 9.87. The number of amides is 2. The van der Waals surface area contributed by atoms with Crippen LogP contribution in [0.1, 0.15) is 18.0 Å². The second-order valence-corrected chi connectivity index (χ2v) is 10.6. The zero-order chi connectivity index (χ0) is 26.3. The van der Waals surface area contributed by atoms with Crippen molar-refractivity contribution in [2.75, 3.05) is 49.3 Å². The van der Waals surface area contributed by atoms with E-state index in [-0.39, 0.29) is 5.91 Å². The number of thioether (sulfide) groups is 1. The SMILES string of the molecule is COc1ccc2nccc(C(NC[C@@H]3CN(c4ccc5c(c4)NC(=O)CS5)C(=O)O3)C3(O)CCNC3)c2n1. The number of cyclic esters (lactones) is 1. The number of rotatable bonds is 7. The normalized spacial score (nSPS) is 23.7. The molecule has 0 spiro atoms. The molecule has 3 aliphatic rings. The second kappa shape index (κ2) is 10.0. The highest BCUT2D eigenvalue weighted by molar-refractivity contribution is 8.00. The van der Waals surface area contributed by atoms with E-state index in [4.69, 9.17) is 9.47 Å². The van der Waals surface area contributed by atoms with Crippen LogP contribution >= 0.6 is 11.8 Å². The quantitative estimate of drug-likeness (QED) is 0.355. The molecule has 11 nitrogen and oxygen atoms in total. The standard InChI is InChI=1S/C26H28N6O5S/c1-36-22-5-3-18-23(31-22)17(6-8-28-18)24(26(35)7-9-27-14-26)29-11-16-12-32(25(34)37-16)15-2-4-20-19(10-15)30-21(33)13-38-20/h2-6,8,10,16,24,27,29,35H,7,9,11-14H2,1H3,(H,30,33)/t16-,24?,26?/m1/s1. The molecule has 4 N–H and O–H groups in total. The van der Waals surface area contributed by atoms with Gasteiger partial charge in [0.1, 0.15) is 6.10 Å². The molecule has 6 rings (SSSR count). The number of benzene rings is 1. The summed E-state index contributed by atoms with van der Waals surface area (Å²) in [5.74, 6) is 0.776. The van der Waals surface area contributed by atoms with Crippen LogP contribution in [-0.4, -0.2) is 77.8 Å². The number of aliphatic hydroxyl groups is 1. The fourth-order valence-electron chi connectivity index (χ4n) is 5.23. The Morgan fingerprint density at radius 3 is 3.03 bits per heavy atom. The van der Waals surface area contributed by atoms with E-state index in [1.807, 2.05) is 24.3 Å². The van der Waals surface area contributed by atoms with Gasteiger partial charge in [0, 0.05) is 41.5 Å². The monoisotopic (exact) mass is 536 g/mol. The number of carbonyl (C=O) groups is 2. The van der Waals surface area contributed by atoms with Crippen molar-refractivity contribution in [3.63, 3.8) is 0 Å². The van der Waals surface area contributed by atoms with Crippen LogP contribution in [0, 0.1) is 0 Å². The number of carbonyl (C=O) groups excluding carboxylic acids is 2. The molecular weight excluding hydrogens is 508 g/mol. The molecule has 2 aromatic heterocycles. The maximum Gasteiger partial charge on any atom is 0.414 e. The van der Waals surface area contributed by atoms with E-state index in [0.717, 1.165) is 10.5 Å². The first kappa shape index (κ1) is 24.9. The Bertz CT molecular complexity index is 1400. The van der Waals surface area contributed by atoms with Gasteiger partial charge in [-0.05, 0) is 43.3 Å². The predicted molar refractivity (Wildman–Crippen MR) is 143 cm³/mol. The second-order valence-electron chi connectivity index (χ2n) is 9.63. The minimum Gasteiger partial charge on any atom is -0.481 e. The van der Waals surface area contributed by atoms with Gasteiger partial charge >= 0.3 is 6.09 Å². The first-order valence-electron chi connectivity index (χ1n) is 12.4. The molecule has 2 unspecified atom stereocenters. The molecule has 2 amide bonds. The first-order chi connectivity index (χ1) is 18.4. The van der Waals surface area contributed by atoms with Crippen molar-refractivity contribution in [3.8, 4) is 5.88 Å². The summed E-state index contributed by atoms with van der Waals surface area (Å²) in [7, 11) is 1.56. The number of nitrogens with one attached hydrogen (secondary N) is 3. The van der Waals surface area contributed by atoms with E-state index in [0.29, 0.717) is 66.6 Å². The van der Waals surface area contributed by atoms with Crippen molar-refractivity contribution in [2.24, 2.45) is 0 Å². The molecule has 1 aromatic carbocycles. The summed E-state index contributed by atoms with van der Waals surface area (Å²) in [5.41, 5.74) is 2.41. The largest absolute Gasteiger partial charge is 0.481 e. The van der Waals surface area contributed by atoms with Crippen LogP contribution in [0.3, 0.4) is 0 Å². The summed E-state index contributed by atoms with van der Waals surface area (Å²) in [6.07, 6.45) is 1.36. The molecule has 198 valence electrons. The average Bonchev–Trinajstić information content (AvgIpc) is 3.53. The summed E-state index contributed by atoms with van der Waals surface area (Å²) >= 11 is 1.47. The Balaban J connectivity index is 1.23. The number of fused-ring (bicyclic) bond motifs is 2. The van der Waals surface area contributed by atoms with E-state index >= 15 is 0 Å². The molecule has 5 heterocycles. The van der Waals surface area contributed by atoms with Crippen molar-refractivity contribution >= 4 is 46.2 Å². The van der Waals surface area contributed by atoms with Gasteiger partial charge in [-0.2, -0.15) is 0 Å². The zero-order valence-corrected chi connectivity index (χ0v) is 21.6. The van der Waals surface area contributed by atoms with Crippen molar-refractivity contribution in [3.05, 3.63) is 48.2 Å². The molecule has 0 bridgehead atoms. The molecule has 2 fully saturated rings. The van der Waals surface area contributed by atoms with Crippen molar-refractivity contribution < 1.29 is 24.2 Å². The van der Waals surface area contributed by atoms with E-state index in [1.165, 1.54) is 11.8 Å². The lowest BCUT2D eigenvalue weighted by Crippen LogP contribution is -2.48. The smallest absolute Gasteiger partial charge is 0.414 e. The van der Waals surface area contributed by atoms with E-state index in [1.54, 1.807) is 30.3 Å². The molecule has 3 atom stereocenters. The average molecular weight is 537 g/mol. The molecule has 38 heavy (non-hydrogen) atoms. The number of ether oxygens (including phenoxy) is 2. The molecule has 0 saturated carbocycles. The van der Waals surface area contributed by atoms with Gasteiger partial charge in [0.25, 0.3) is 0 Å². The number of pyridine rings is 2. The Labute approximate surface area is 223 Å². The van der Waals surface area contributed by atoms with E-state index < -0.39 is 23.8 Å². The number of nitrogens with zero attached hydrogens (tertiary/aromatic N) is 3. The minimum atomic E-state index is -1.07. The maximum absolute atomic E-state index is 12.8. The highest BCUT2D eigenvalue weighted by atomic mass is 32.2. The maximum atomic E-state index is 12.8. The molecular formula is C26H28N6O5S. The molecule has 3 aliphatic heterocycles. The zero-order valence-electron chi connectivity index (χ0n) is 20.8. The van der Waals surface area contributed by atoms with Crippen LogP contribution in [0.5, 0.6) is 5.88 Å². The van der Waals surface area contributed by atoms with Crippen LogP contribution in [0.25, 0.3) is 11.0 Å². The minimum absolute atomic E-state index is 0.0631. The van der Waals surface area contributed by atoms with Crippen molar-refractivity contribution in [1.82, 2.24) is 20.6 Å². The van der Waals surface area contributed by atoms with Crippen LogP contribution in [-0.2, 0) is 9.53 Å². The van der Waals surface area contributed by atoms with Crippen molar-refractivity contribution in [2.45, 2.75) is 29.1 Å². The van der Waals surface area contributed by atoms with Gasteiger partial charge in [0.2, 0.25) is 11.8 Å². The molecule has 3 aromatic rings. The molecule has 2 saturated heterocycles. The lowest BCUT2D eigenvalue weighted by molar-refractivity contribution is -0.113. The topological polar surface area (TPSA) is 138 Å². The van der Waals surface area contributed by atoms with Gasteiger partial charge in [0.05, 0.1) is 47.8 Å². The van der Waals surface area contributed by atoms with Crippen LogP contribution in [0.15, 0.2) is 47.5 Å². The highest BCUT2D eigenvalue weighted by Crippen LogP contribution is 2.37. The summed E-state index contributed by atoms with van der Waals surface area (Å²) in [4.78, 5) is 36.2. The van der Waals surface area contributed by atoms with Gasteiger partial charge in [-0.1, -0.05) is 0 Å². The van der Waals surface area contributed by atoms with Gasteiger partial charge in [0.15, 0.2) is 0 Å². The summed E-state index contributed by atoms with van der Waals surface area (Å²) in [6, 6.07) is 10.5. The van der Waals surface area contributed by atoms with Crippen LogP contribution in [0.4, 0.5) is 16.2 Å². The van der Waals surface area contributed by atoms with Gasteiger partial charge in [-0.25, -0.2) is 9.78 Å². The summed E-state index contributed by atoms with van der Waals surface area (Å²) in [5, 5.41) is 21.2. The van der Waals surface area contributed by atoms with E-state index in [2.05, 4.69) is 25.9 Å². The lowest BCUT2D eigenvalue weighted by Gasteiger charge is -2.34. The van der Waals surface area contributed by atoms with Crippen LogP contribution < -0.4 is 25.6 Å². The Morgan fingerprint density at radius 2 is 2.21 bits per heavy atom. The number of aromatic nitrogens is 2. The van der Waals surface area contributed by atoms with Gasteiger partial charge in [-0.15, -0.1) is 11.8 Å². The fraction of sp³-hybridized carbons (Fsp3) is 0.385. The molecule has 0 aliphatic carbocycles. The number of β-amino-alcohol motifs (C(OH)–C–C–N with tert-alkyl or cyclic N) is 1. The van der Waals surface area contributed by atoms with Gasteiger partial charge < -0.3 is 30.5 Å². The van der Waals surface area contributed by atoms with Crippen LogP contribution in [0.2, 0.25) is 0 Å². The third-order valence-electron chi connectivity index (χ3n) is 7.14. The van der Waals surface area contributed by atoms with Gasteiger partial charge in [-0.3, -0.25) is 14.7 Å². The summed E-state index contributed by atoms with van der Waals surface area (Å²) in [6.45, 7) is 1.75. The molecule has 0 radical (unpaired) electrons. The first-order valence-corrected chi connectivity index (χ1v) is 13.4. The Morgan fingerprint density at radius 1 is 1.32 bits per heavy atom. The third kappa shape index (κ3) is 4.64. The van der Waals surface area contributed by atoms with E-state index in [9.17, 15) is 14.7 Å². The summed E-state index contributed by atoms with van der Waals surface area (Å²) < 4.78 is 11.0. The molecule has 12 heteroatoms. The predicted octanol–water partition coefficient (Wildman–Crippen LogP) is 2.06. The Kier molecular flexibility index (Phi) is 6.56.